The summed E-state index contributed by atoms with van der Waals surface area (Å²) in [6, 6.07) is 2.06. The summed E-state index contributed by atoms with van der Waals surface area (Å²) < 4.78 is 27.0. The van der Waals surface area contributed by atoms with Crippen molar-refractivity contribution in [3.05, 3.63) is 0 Å². The van der Waals surface area contributed by atoms with Gasteiger partial charge in [-0.15, -0.1) is 0 Å². The number of nitrogens with zero attached hydrogens (tertiary/aromatic N) is 3. The second-order valence-electron chi connectivity index (χ2n) is 3.34. The molecule has 0 aliphatic carbocycles. The van der Waals surface area contributed by atoms with Crippen molar-refractivity contribution in [3.63, 3.8) is 0 Å². The van der Waals surface area contributed by atoms with E-state index in [1.807, 2.05) is 4.90 Å². The maximum absolute atomic E-state index is 11.6. The molecule has 0 bridgehead atoms. The third kappa shape index (κ3) is 3.43. The first-order chi connectivity index (χ1) is 7.10. The predicted molar refractivity (Wildman–Crippen MR) is 56.2 cm³/mol. The van der Waals surface area contributed by atoms with E-state index < -0.39 is 10.2 Å². The Hall–Kier alpha value is -0.680. The van der Waals surface area contributed by atoms with E-state index in [9.17, 15) is 8.42 Å². The molecule has 0 aromatic heterocycles. The van der Waals surface area contributed by atoms with Crippen molar-refractivity contribution in [2.75, 3.05) is 39.3 Å². The summed E-state index contributed by atoms with van der Waals surface area (Å²) in [5.74, 6) is 0. The Labute approximate surface area is 90.6 Å². The lowest BCUT2D eigenvalue weighted by atomic mass is 10.4. The molecule has 0 aromatic carbocycles. The minimum absolute atomic E-state index is 0.370. The maximum Gasteiger partial charge on any atom is 0.279 e. The molecule has 0 saturated carbocycles. The van der Waals surface area contributed by atoms with Crippen LogP contribution in [0, 0.1) is 11.3 Å². The van der Waals surface area contributed by atoms with E-state index >= 15 is 0 Å². The number of hydrogen-bond acceptors (Lipinski definition) is 4. The standard InChI is InChI=1S/C8H16N4O2S/c1-2-10-15(13,14)12-7-5-11(4-3-9)6-8-12/h10H,2,4-8H2,1H3. The van der Waals surface area contributed by atoms with Crippen LogP contribution in [0.2, 0.25) is 0 Å². The molecule has 0 amide bonds. The molecular weight excluding hydrogens is 216 g/mol. The van der Waals surface area contributed by atoms with Gasteiger partial charge in [0.05, 0.1) is 12.6 Å². The molecule has 6 nitrogen and oxygen atoms in total. The van der Waals surface area contributed by atoms with E-state index in [-0.39, 0.29) is 0 Å². The van der Waals surface area contributed by atoms with Gasteiger partial charge in [0.2, 0.25) is 0 Å². The molecule has 86 valence electrons. The zero-order valence-electron chi connectivity index (χ0n) is 8.81. The molecule has 1 rings (SSSR count). The Morgan fingerprint density at radius 1 is 1.33 bits per heavy atom. The van der Waals surface area contributed by atoms with Crippen LogP contribution in [0.5, 0.6) is 0 Å². The van der Waals surface area contributed by atoms with Gasteiger partial charge in [-0.05, 0) is 0 Å². The fourth-order valence-electron chi connectivity index (χ4n) is 1.50. The van der Waals surface area contributed by atoms with Crippen molar-refractivity contribution >= 4 is 10.2 Å². The quantitative estimate of drug-likeness (QED) is 0.630. The Balaban J connectivity index is 2.47. The first-order valence-electron chi connectivity index (χ1n) is 4.94. The van der Waals surface area contributed by atoms with Crippen LogP contribution in [0.3, 0.4) is 0 Å². The zero-order valence-corrected chi connectivity index (χ0v) is 9.63. The lowest BCUT2D eigenvalue weighted by molar-refractivity contribution is 0.205. The molecule has 1 aliphatic rings. The third-order valence-electron chi connectivity index (χ3n) is 2.29. The van der Waals surface area contributed by atoms with Crippen molar-refractivity contribution in [2.45, 2.75) is 6.92 Å². The first-order valence-corrected chi connectivity index (χ1v) is 6.38. The number of nitrogens with one attached hydrogen (secondary N) is 1. The van der Waals surface area contributed by atoms with Crippen LogP contribution in [0.1, 0.15) is 6.92 Å². The Bertz CT molecular complexity index is 327. The van der Waals surface area contributed by atoms with E-state index in [0.717, 1.165) is 0 Å². The highest BCUT2D eigenvalue weighted by atomic mass is 32.2. The molecule has 1 N–H and O–H groups in total. The first kappa shape index (κ1) is 12.4. The largest absolute Gasteiger partial charge is 0.288 e. The van der Waals surface area contributed by atoms with E-state index in [4.69, 9.17) is 5.26 Å². The van der Waals surface area contributed by atoms with Crippen molar-refractivity contribution < 1.29 is 8.42 Å². The monoisotopic (exact) mass is 232 g/mol. The molecule has 1 heterocycles. The van der Waals surface area contributed by atoms with Gasteiger partial charge in [0.15, 0.2) is 0 Å². The molecule has 0 atom stereocenters. The molecule has 7 heteroatoms. The highest BCUT2D eigenvalue weighted by Gasteiger charge is 2.25. The van der Waals surface area contributed by atoms with Gasteiger partial charge >= 0.3 is 0 Å². The summed E-state index contributed by atoms with van der Waals surface area (Å²) in [5.41, 5.74) is 0. The van der Waals surface area contributed by atoms with Crippen molar-refractivity contribution in [3.8, 4) is 6.07 Å². The smallest absolute Gasteiger partial charge is 0.279 e. The van der Waals surface area contributed by atoms with Gasteiger partial charge in [0.1, 0.15) is 0 Å². The third-order valence-corrected chi connectivity index (χ3v) is 3.99. The fourth-order valence-corrected chi connectivity index (χ4v) is 2.69. The minimum atomic E-state index is -3.30. The summed E-state index contributed by atoms with van der Waals surface area (Å²) in [4.78, 5) is 1.94. The number of hydrogen-bond donors (Lipinski definition) is 1. The van der Waals surface area contributed by atoms with Crippen LogP contribution in [0.25, 0.3) is 0 Å². The van der Waals surface area contributed by atoms with Gasteiger partial charge in [-0.2, -0.15) is 18.0 Å². The fraction of sp³-hybridized carbons (Fsp3) is 0.875. The number of nitriles is 1. The van der Waals surface area contributed by atoms with Crippen LogP contribution in [0.15, 0.2) is 0 Å². The highest BCUT2D eigenvalue weighted by molar-refractivity contribution is 7.87. The summed E-state index contributed by atoms with van der Waals surface area (Å²) in [6.45, 7) is 4.68. The Kier molecular flexibility index (Phi) is 4.47. The average Bonchev–Trinajstić information content (AvgIpc) is 2.19. The second-order valence-corrected chi connectivity index (χ2v) is 5.09. The summed E-state index contributed by atoms with van der Waals surface area (Å²) in [6.07, 6.45) is 0. The molecule has 0 spiro atoms. The molecular formula is C8H16N4O2S. The molecule has 1 fully saturated rings. The average molecular weight is 232 g/mol. The Morgan fingerprint density at radius 3 is 2.40 bits per heavy atom. The van der Waals surface area contributed by atoms with Crippen LogP contribution in [0.4, 0.5) is 0 Å². The summed E-state index contributed by atoms with van der Waals surface area (Å²) >= 11 is 0. The van der Waals surface area contributed by atoms with Crippen LogP contribution in [-0.4, -0.2) is 56.9 Å². The molecule has 0 unspecified atom stereocenters. The van der Waals surface area contributed by atoms with E-state index in [0.29, 0.717) is 39.3 Å². The topological polar surface area (TPSA) is 76.4 Å². The van der Waals surface area contributed by atoms with Crippen LogP contribution in [-0.2, 0) is 10.2 Å². The van der Waals surface area contributed by atoms with Gasteiger partial charge in [0.25, 0.3) is 10.2 Å². The number of piperazine rings is 1. The predicted octanol–water partition coefficient (Wildman–Crippen LogP) is -1.02. The SMILES string of the molecule is CCNS(=O)(=O)N1CCN(CC#N)CC1. The Morgan fingerprint density at radius 2 is 1.93 bits per heavy atom. The highest BCUT2D eigenvalue weighted by Crippen LogP contribution is 2.05. The molecule has 1 saturated heterocycles. The van der Waals surface area contributed by atoms with Gasteiger partial charge in [0, 0.05) is 32.7 Å². The van der Waals surface area contributed by atoms with Crippen molar-refractivity contribution in [1.82, 2.24) is 13.9 Å². The zero-order chi connectivity index (χ0) is 11.3. The lowest BCUT2D eigenvalue weighted by Gasteiger charge is -2.32. The number of rotatable bonds is 4. The maximum atomic E-state index is 11.6. The van der Waals surface area contributed by atoms with Crippen LogP contribution >= 0.6 is 0 Å². The van der Waals surface area contributed by atoms with Gasteiger partial charge in [-0.25, -0.2) is 4.72 Å². The molecule has 0 radical (unpaired) electrons. The second kappa shape index (κ2) is 5.42. The van der Waals surface area contributed by atoms with E-state index in [2.05, 4.69) is 10.8 Å². The van der Waals surface area contributed by atoms with Crippen molar-refractivity contribution in [1.29, 1.82) is 5.26 Å². The van der Waals surface area contributed by atoms with E-state index in [1.54, 1.807) is 6.92 Å². The van der Waals surface area contributed by atoms with Gasteiger partial charge < -0.3 is 0 Å². The van der Waals surface area contributed by atoms with Gasteiger partial charge in [-0.3, -0.25) is 4.90 Å². The minimum Gasteiger partial charge on any atom is -0.288 e. The van der Waals surface area contributed by atoms with E-state index in [1.165, 1.54) is 4.31 Å². The molecule has 0 aromatic rings. The summed E-state index contributed by atoms with van der Waals surface area (Å²) in [7, 11) is -3.30. The van der Waals surface area contributed by atoms with Crippen molar-refractivity contribution in [2.24, 2.45) is 0 Å². The molecule has 15 heavy (non-hydrogen) atoms. The van der Waals surface area contributed by atoms with Gasteiger partial charge in [-0.1, -0.05) is 6.92 Å². The normalized spacial score (nSPS) is 20.0. The lowest BCUT2D eigenvalue weighted by Crippen LogP contribution is -2.51. The summed E-state index contributed by atoms with van der Waals surface area (Å²) in [5, 5.41) is 8.49. The molecule has 1 aliphatic heterocycles. The van der Waals surface area contributed by atoms with Crippen LogP contribution < -0.4 is 4.72 Å².